The van der Waals surface area contributed by atoms with E-state index >= 15 is 0 Å². The average molecular weight is 524 g/mol. The molecule has 12 heteroatoms. The Balaban J connectivity index is 2.31. The van der Waals surface area contributed by atoms with E-state index in [0.717, 1.165) is 36.4 Å². The fourth-order valence-corrected chi connectivity index (χ4v) is 3.12. The van der Waals surface area contributed by atoms with E-state index in [4.69, 9.17) is 22.6 Å². The molecule has 0 amide bonds. The van der Waals surface area contributed by atoms with Gasteiger partial charge in [0, 0.05) is 10.4 Å². The van der Waals surface area contributed by atoms with Crippen LogP contribution in [0.5, 0.6) is 23.0 Å². The first-order valence-corrected chi connectivity index (χ1v) is 10.1. The minimum atomic E-state index is -4.71. The zero-order valence-electron chi connectivity index (χ0n) is 18.6. The number of nitrogens with zero attached hydrogens (tertiary/aromatic N) is 4. The Kier molecular flexibility index (Phi) is 7.61. The molecule has 0 aliphatic rings. The Morgan fingerprint density at radius 1 is 0.658 bits per heavy atom. The summed E-state index contributed by atoms with van der Waals surface area (Å²) >= 11 is 0. The van der Waals surface area contributed by atoms with Gasteiger partial charge < -0.3 is 9.47 Å². The molecule has 6 nitrogen and oxygen atoms in total. The number of alkyl halides is 6. The molecule has 38 heavy (non-hydrogen) atoms. The second-order valence-electron chi connectivity index (χ2n) is 7.24. The van der Waals surface area contributed by atoms with Crippen LogP contribution in [0, 0.1) is 35.8 Å². The summed E-state index contributed by atoms with van der Waals surface area (Å²) in [5, 5.41) is 18.2. The Hall–Kier alpha value is -5.46. The predicted octanol–water partition coefficient (Wildman–Crippen LogP) is 6.41. The van der Waals surface area contributed by atoms with Crippen LogP contribution in [-0.4, -0.2) is 0 Å². The standard InChI is InChI=1S/C26H10F6N4O2/c1-35-21(13-33)19-11-24(38-18-8-4-6-16(10-18)26(30,31)32)20(22(14-34)36-2)12-23(19)37-17-7-3-5-15(9-17)25(27,28)29/h3-12H/b21-19-,22-20+. The summed E-state index contributed by atoms with van der Waals surface area (Å²) in [6.45, 7) is 14.6. The second-order valence-corrected chi connectivity index (χ2v) is 7.24. The number of benzene rings is 3. The van der Waals surface area contributed by atoms with Gasteiger partial charge >= 0.3 is 12.4 Å². The van der Waals surface area contributed by atoms with Gasteiger partial charge in [-0.25, -0.2) is 20.2 Å². The number of hydrogen-bond donors (Lipinski definition) is 0. The fraction of sp³-hybridized carbons (Fsp3) is 0.0769. The van der Waals surface area contributed by atoms with Crippen LogP contribution in [0.4, 0.5) is 26.3 Å². The van der Waals surface area contributed by atoms with Gasteiger partial charge in [-0.2, -0.15) is 26.3 Å². The first-order chi connectivity index (χ1) is 17.9. The van der Waals surface area contributed by atoms with Crippen molar-refractivity contribution < 1.29 is 35.8 Å². The number of hydrogen-bond acceptors (Lipinski definition) is 4. The summed E-state index contributed by atoms with van der Waals surface area (Å²) in [7, 11) is 0. The summed E-state index contributed by atoms with van der Waals surface area (Å²) < 4.78 is 89.9. The molecule has 3 aromatic carbocycles. The molecule has 0 aliphatic carbocycles. The molecule has 0 radical (unpaired) electrons. The largest absolute Gasteiger partial charge is 0.458 e. The van der Waals surface area contributed by atoms with E-state index < -0.39 is 34.9 Å². The van der Waals surface area contributed by atoms with Crippen LogP contribution < -0.4 is 19.9 Å². The van der Waals surface area contributed by atoms with Gasteiger partial charge in [0.15, 0.2) is 0 Å². The Bertz CT molecular complexity index is 1540. The number of ether oxygens (including phenoxy) is 2. The topological polar surface area (TPSA) is 74.8 Å². The highest BCUT2D eigenvalue weighted by Gasteiger charge is 2.31. The van der Waals surface area contributed by atoms with E-state index in [2.05, 4.69) is 9.69 Å². The summed E-state index contributed by atoms with van der Waals surface area (Å²) in [5.41, 5.74) is -3.31. The molecule has 0 N–H and O–H groups in total. The molecule has 0 aromatic heterocycles. The molecule has 188 valence electrons. The minimum Gasteiger partial charge on any atom is -0.458 e. The smallest absolute Gasteiger partial charge is 0.416 e. The maximum absolute atomic E-state index is 13.1. The lowest BCUT2D eigenvalue weighted by Gasteiger charge is -2.14. The van der Waals surface area contributed by atoms with Crippen molar-refractivity contribution in [1.82, 2.24) is 0 Å². The lowest BCUT2D eigenvalue weighted by molar-refractivity contribution is -0.138. The van der Waals surface area contributed by atoms with Gasteiger partial charge in [-0.1, -0.05) is 12.1 Å². The van der Waals surface area contributed by atoms with Gasteiger partial charge in [0.1, 0.15) is 23.0 Å². The Morgan fingerprint density at radius 2 is 1.03 bits per heavy atom. The van der Waals surface area contributed by atoms with Crippen molar-refractivity contribution in [2.75, 3.05) is 0 Å². The van der Waals surface area contributed by atoms with E-state index in [1.165, 1.54) is 12.1 Å². The lowest BCUT2D eigenvalue weighted by Crippen LogP contribution is -2.18. The van der Waals surface area contributed by atoms with E-state index in [0.29, 0.717) is 12.1 Å². The number of nitriles is 2. The van der Waals surface area contributed by atoms with Gasteiger partial charge in [0.2, 0.25) is 0 Å². The predicted molar refractivity (Wildman–Crippen MR) is 120 cm³/mol. The molecule has 0 bridgehead atoms. The Labute approximate surface area is 210 Å². The molecule has 3 aromatic rings. The van der Waals surface area contributed by atoms with Crippen LogP contribution in [0.1, 0.15) is 11.1 Å². The highest BCUT2D eigenvalue weighted by molar-refractivity contribution is 5.72. The molecule has 0 atom stereocenters. The number of halogens is 6. The molecular formula is C26H10F6N4O2. The van der Waals surface area contributed by atoms with Crippen molar-refractivity contribution in [2.45, 2.75) is 12.4 Å². The summed E-state index contributed by atoms with van der Waals surface area (Å²) in [5.74, 6) is -1.44. The quantitative estimate of drug-likeness (QED) is 0.292. The van der Waals surface area contributed by atoms with E-state index in [-0.39, 0.29) is 33.4 Å². The van der Waals surface area contributed by atoms with Crippen LogP contribution in [-0.2, 0) is 12.4 Å². The first kappa shape index (κ1) is 27.1. The van der Waals surface area contributed by atoms with Crippen LogP contribution in [0.2, 0.25) is 0 Å². The van der Waals surface area contributed by atoms with Gasteiger partial charge in [-0.3, -0.25) is 0 Å². The molecule has 0 heterocycles. The lowest BCUT2D eigenvalue weighted by atomic mass is 10.1. The highest BCUT2D eigenvalue weighted by atomic mass is 19.4. The normalized spacial score (nSPS) is 12.7. The van der Waals surface area contributed by atoms with Gasteiger partial charge in [0.05, 0.1) is 36.4 Å². The van der Waals surface area contributed by atoms with Crippen LogP contribution >= 0.6 is 0 Å². The molecule has 3 rings (SSSR count). The monoisotopic (exact) mass is 524 g/mol. The van der Waals surface area contributed by atoms with Gasteiger partial charge in [-0.15, -0.1) is 0 Å². The van der Waals surface area contributed by atoms with E-state index in [1.807, 2.05) is 0 Å². The highest BCUT2D eigenvalue weighted by Crippen LogP contribution is 2.34. The van der Waals surface area contributed by atoms with Gasteiger partial charge in [0.25, 0.3) is 11.4 Å². The summed E-state index contributed by atoms with van der Waals surface area (Å²) in [6, 6.07) is 12.5. The molecule has 0 aliphatic heterocycles. The van der Waals surface area contributed by atoms with Crippen molar-refractivity contribution in [3.05, 3.63) is 105 Å². The molecule has 0 saturated heterocycles. The third-order valence-corrected chi connectivity index (χ3v) is 4.81. The van der Waals surface area contributed by atoms with Gasteiger partial charge in [-0.05, 0) is 48.5 Å². The summed E-state index contributed by atoms with van der Waals surface area (Å²) in [6.07, 6.45) is -9.41. The zero-order chi connectivity index (χ0) is 28.1. The zero-order valence-corrected chi connectivity index (χ0v) is 18.6. The molecular weight excluding hydrogens is 514 g/mol. The molecule has 0 unspecified atom stereocenters. The maximum Gasteiger partial charge on any atom is 0.416 e. The number of rotatable bonds is 4. The van der Waals surface area contributed by atoms with Crippen LogP contribution in [0.25, 0.3) is 21.1 Å². The van der Waals surface area contributed by atoms with E-state index in [1.54, 1.807) is 12.1 Å². The second kappa shape index (κ2) is 10.7. The van der Waals surface area contributed by atoms with Crippen LogP contribution in [0.3, 0.4) is 0 Å². The van der Waals surface area contributed by atoms with E-state index in [9.17, 15) is 36.9 Å². The fourth-order valence-electron chi connectivity index (χ4n) is 3.12. The molecule has 0 fully saturated rings. The minimum absolute atomic E-state index is 0.298. The maximum atomic E-state index is 13.1. The van der Waals surface area contributed by atoms with Crippen molar-refractivity contribution in [3.8, 4) is 35.1 Å². The first-order valence-electron chi connectivity index (χ1n) is 10.1. The summed E-state index contributed by atoms with van der Waals surface area (Å²) in [4.78, 5) is 6.11. The van der Waals surface area contributed by atoms with Crippen LogP contribution in [0.15, 0.2) is 60.7 Å². The third-order valence-electron chi connectivity index (χ3n) is 4.81. The molecule has 0 saturated carbocycles. The van der Waals surface area contributed by atoms with Crippen molar-refractivity contribution in [1.29, 1.82) is 10.5 Å². The van der Waals surface area contributed by atoms with Crippen molar-refractivity contribution >= 4 is 11.4 Å². The third kappa shape index (κ3) is 6.02. The molecule has 0 spiro atoms. The average Bonchev–Trinajstić information content (AvgIpc) is 2.87. The Morgan fingerprint density at radius 3 is 1.32 bits per heavy atom. The van der Waals surface area contributed by atoms with Crippen molar-refractivity contribution in [2.24, 2.45) is 0 Å². The SMILES string of the molecule is [C-]#[N+]/C(C#N)=c1/cc(Oc2cccc(C(F)(F)F)c2)/c(=C(\C#N)[N+]#[C-])cc1Oc1cccc(C(F)(F)F)c1. The van der Waals surface area contributed by atoms with Crippen molar-refractivity contribution in [3.63, 3.8) is 0 Å².